The molecule has 0 radical (unpaired) electrons. The molecule has 11 heteroatoms. The minimum atomic E-state index is -5.00. The summed E-state index contributed by atoms with van der Waals surface area (Å²) < 4.78 is 41.2. The standard InChI is InChI=1S/C2H2O4.Al.K.H2O4S/c3-1(4)2(5)6;;;1-5(2,3)4/h(H,3,4)(H,5,6);;;(H2,1,2,3,4)/q;+3;+1;/p-4. The van der Waals surface area contributed by atoms with Crippen LogP contribution in [0.15, 0.2) is 0 Å². The molecule has 0 spiro atoms. The van der Waals surface area contributed by atoms with E-state index in [0.29, 0.717) is 0 Å². The SMILES string of the molecule is O=C1[O][Al]([O]S(=O)(=O)[O-])[O]C1=O.[K+]. The van der Waals surface area contributed by atoms with Crippen LogP contribution in [-0.2, 0) is 30.8 Å². The average molecular weight is 250 g/mol. The molecule has 1 heterocycles. The van der Waals surface area contributed by atoms with Gasteiger partial charge < -0.3 is 15.4 Å². The van der Waals surface area contributed by atoms with Gasteiger partial charge in [-0.25, -0.2) is 18.0 Å². The summed E-state index contributed by atoms with van der Waals surface area (Å²) in [4.78, 5) is 20.5. The van der Waals surface area contributed by atoms with Crippen LogP contribution in [-0.4, -0.2) is 40.1 Å². The molecule has 1 aliphatic rings. The van der Waals surface area contributed by atoms with Gasteiger partial charge in [0.2, 0.25) is 0 Å². The molecule has 0 aromatic heterocycles. The minimum absolute atomic E-state index is 0. The van der Waals surface area contributed by atoms with Crippen molar-refractivity contribution in [3.63, 3.8) is 0 Å². The first kappa shape index (κ1) is 14.0. The van der Waals surface area contributed by atoms with E-state index < -0.39 is 37.5 Å². The third-order valence-electron chi connectivity index (χ3n) is 0.770. The third kappa shape index (κ3) is 4.84. The van der Waals surface area contributed by atoms with Crippen LogP contribution in [0.4, 0.5) is 0 Å². The molecule has 0 N–H and O–H groups in total. The molecule has 0 amide bonds. The van der Waals surface area contributed by atoms with Gasteiger partial charge in [0.25, 0.3) is 0 Å². The fourth-order valence-corrected chi connectivity index (χ4v) is 2.10. The van der Waals surface area contributed by atoms with Crippen molar-refractivity contribution >= 4 is 37.5 Å². The number of carbonyl (C=O) groups is 2. The monoisotopic (exact) mass is 250 g/mol. The first-order valence-corrected chi connectivity index (χ1v) is 5.19. The molecule has 1 saturated heterocycles. The maximum absolute atomic E-state index is 10.2. The molecule has 0 saturated carbocycles. The molecule has 0 aromatic carbocycles. The van der Waals surface area contributed by atoms with E-state index in [1.165, 1.54) is 0 Å². The summed E-state index contributed by atoms with van der Waals surface area (Å²) in [5, 5.41) is 0. The summed E-state index contributed by atoms with van der Waals surface area (Å²) in [5.74, 6) is -2.70. The smallest absolute Gasteiger partial charge is 0.727 e. The van der Waals surface area contributed by atoms with Crippen LogP contribution in [0.1, 0.15) is 0 Å². The molecule has 66 valence electrons. The molecule has 13 heavy (non-hydrogen) atoms. The van der Waals surface area contributed by atoms with Crippen molar-refractivity contribution in [1.29, 1.82) is 0 Å². The van der Waals surface area contributed by atoms with Gasteiger partial charge in [-0.05, 0) is 0 Å². The second kappa shape index (κ2) is 5.17. The number of carbonyl (C=O) groups excluding carboxylic acids is 2. The molecular weight excluding hydrogens is 250 g/mol. The van der Waals surface area contributed by atoms with E-state index in [0.717, 1.165) is 0 Å². The molecular formula is C2AlKO8S. The molecule has 0 bridgehead atoms. The summed E-state index contributed by atoms with van der Waals surface area (Å²) in [6.07, 6.45) is 0. The van der Waals surface area contributed by atoms with E-state index in [1.54, 1.807) is 0 Å². The fraction of sp³-hybridized carbons (Fsp3) is 0. The predicted octanol–water partition coefficient (Wildman–Crippen LogP) is -5.45. The Labute approximate surface area is 120 Å². The Morgan fingerprint density at radius 1 is 1.23 bits per heavy atom. The van der Waals surface area contributed by atoms with Crippen LogP contribution in [0, 0.1) is 0 Å². The van der Waals surface area contributed by atoms with Crippen LogP contribution in [0.25, 0.3) is 0 Å². The van der Waals surface area contributed by atoms with E-state index in [-0.39, 0.29) is 51.4 Å². The topological polar surface area (TPSA) is 119 Å². The number of hydrogen-bond acceptors (Lipinski definition) is 8. The van der Waals surface area contributed by atoms with Crippen molar-refractivity contribution < 1.29 is 84.8 Å². The van der Waals surface area contributed by atoms with Gasteiger partial charge in [0.15, 0.2) is 10.4 Å². The van der Waals surface area contributed by atoms with Gasteiger partial charge in [-0.3, -0.25) is 0 Å². The van der Waals surface area contributed by atoms with Gasteiger partial charge in [-0.15, -0.1) is 0 Å². The molecule has 1 aliphatic heterocycles. The van der Waals surface area contributed by atoms with Crippen molar-refractivity contribution in [1.82, 2.24) is 0 Å². The summed E-state index contributed by atoms with van der Waals surface area (Å²) in [7, 11) is -5.00. The number of rotatable bonds is 2. The Kier molecular flexibility index (Phi) is 5.56. The Bertz CT molecular complexity index is 305. The Hall–Kier alpha value is 0.979. The maximum atomic E-state index is 10.2. The molecule has 0 atom stereocenters. The Morgan fingerprint density at radius 3 is 1.92 bits per heavy atom. The van der Waals surface area contributed by atoms with Crippen LogP contribution < -0.4 is 51.4 Å². The summed E-state index contributed by atoms with van der Waals surface area (Å²) in [6.45, 7) is 0. The van der Waals surface area contributed by atoms with Gasteiger partial charge >= 0.3 is 78.5 Å². The second-order valence-corrected chi connectivity index (χ2v) is 4.24. The first-order chi connectivity index (χ1) is 5.38. The zero-order chi connectivity index (χ0) is 9.35. The number of hydrogen-bond donors (Lipinski definition) is 0. The van der Waals surface area contributed by atoms with E-state index in [4.69, 9.17) is 0 Å². The molecule has 1 fully saturated rings. The quantitative estimate of drug-likeness (QED) is 0.206. The fourth-order valence-electron chi connectivity index (χ4n) is 0.431. The van der Waals surface area contributed by atoms with Gasteiger partial charge in [0.1, 0.15) is 0 Å². The van der Waals surface area contributed by atoms with E-state index in [9.17, 15) is 22.6 Å². The van der Waals surface area contributed by atoms with E-state index >= 15 is 0 Å². The second-order valence-electron chi connectivity index (χ2n) is 1.60. The first-order valence-electron chi connectivity index (χ1n) is 2.44. The largest absolute Gasteiger partial charge is 1.12 e. The Morgan fingerprint density at radius 2 is 1.62 bits per heavy atom. The third-order valence-corrected chi connectivity index (χ3v) is 3.15. The van der Waals surface area contributed by atoms with Crippen molar-refractivity contribution in [2.75, 3.05) is 0 Å². The molecule has 8 nitrogen and oxygen atoms in total. The van der Waals surface area contributed by atoms with Gasteiger partial charge in [-0.2, -0.15) is 0 Å². The summed E-state index contributed by atoms with van der Waals surface area (Å²) >= 11 is -3.42. The zero-order valence-electron chi connectivity index (χ0n) is 6.25. The van der Waals surface area contributed by atoms with Crippen molar-refractivity contribution in [3.8, 4) is 0 Å². The maximum Gasteiger partial charge on any atom is 1.12 e. The van der Waals surface area contributed by atoms with Crippen molar-refractivity contribution in [2.45, 2.75) is 0 Å². The Balaban J connectivity index is 0.00000144. The van der Waals surface area contributed by atoms with Crippen LogP contribution in [0.2, 0.25) is 0 Å². The molecule has 0 unspecified atom stereocenters. The van der Waals surface area contributed by atoms with Gasteiger partial charge in [-0.1, -0.05) is 0 Å². The minimum Gasteiger partial charge on any atom is -0.727 e. The molecule has 0 aromatic rings. The average Bonchev–Trinajstić information content (AvgIpc) is 2.07. The summed E-state index contributed by atoms with van der Waals surface area (Å²) in [5.41, 5.74) is 0. The van der Waals surface area contributed by atoms with Gasteiger partial charge in [0, 0.05) is 0 Å². The zero-order valence-corrected chi connectivity index (χ0v) is 11.3. The predicted molar refractivity (Wildman–Crippen MR) is 28.7 cm³/mol. The summed E-state index contributed by atoms with van der Waals surface area (Å²) in [6, 6.07) is 0. The van der Waals surface area contributed by atoms with Crippen LogP contribution in [0.3, 0.4) is 0 Å². The van der Waals surface area contributed by atoms with Crippen LogP contribution >= 0.6 is 0 Å². The van der Waals surface area contributed by atoms with Crippen molar-refractivity contribution in [3.05, 3.63) is 0 Å². The van der Waals surface area contributed by atoms with Crippen molar-refractivity contribution in [2.24, 2.45) is 0 Å². The van der Waals surface area contributed by atoms with Crippen LogP contribution in [0.5, 0.6) is 0 Å². The molecule has 0 aliphatic carbocycles. The van der Waals surface area contributed by atoms with Gasteiger partial charge in [0.05, 0.1) is 0 Å². The van der Waals surface area contributed by atoms with E-state index in [2.05, 4.69) is 10.8 Å². The van der Waals surface area contributed by atoms with E-state index in [1.807, 2.05) is 0 Å². The molecule has 1 rings (SSSR count). The normalized spacial score (nSPS) is 16.2.